The van der Waals surface area contributed by atoms with Crippen molar-refractivity contribution in [1.82, 2.24) is 9.97 Å². The van der Waals surface area contributed by atoms with Crippen LogP contribution in [-0.4, -0.2) is 30.1 Å². The Morgan fingerprint density at radius 3 is 2.71 bits per heavy atom. The first-order valence-electron chi connectivity index (χ1n) is 9.74. The van der Waals surface area contributed by atoms with Gasteiger partial charge in [0.1, 0.15) is 12.0 Å². The van der Waals surface area contributed by atoms with Gasteiger partial charge in [0, 0.05) is 42.9 Å². The molecule has 2 aromatic carbocycles. The van der Waals surface area contributed by atoms with Gasteiger partial charge in [-0.1, -0.05) is 18.2 Å². The maximum Gasteiger partial charge on any atom is 0.337 e. The van der Waals surface area contributed by atoms with E-state index in [4.69, 9.17) is 9.15 Å². The van der Waals surface area contributed by atoms with Gasteiger partial charge in [-0.25, -0.2) is 4.79 Å². The number of nitrogens with zero attached hydrogens (tertiary/aromatic N) is 3. The summed E-state index contributed by atoms with van der Waals surface area (Å²) in [6, 6.07) is 19.6. The lowest BCUT2D eigenvalue weighted by atomic mass is 10.1. The van der Waals surface area contributed by atoms with E-state index in [0.717, 1.165) is 28.2 Å². The Hall–Kier alpha value is -4.13. The molecule has 0 unspecified atom stereocenters. The van der Waals surface area contributed by atoms with E-state index in [1.807, 2.05) is 55.6 Å². The van der Waals surface area contributed by atoms with Crippen LogP contribution >= 0.6 is 0 Å². The number of pyridine rings is 1. The fraction of sp³-hybridized carbons (Fsp3) is 0.125. The summed E-state index contributed by atoms with van der Waals surface area (Å²) < 4.78 is 10.3. The van der Waals surface area contributed by atoms with Crippen LogP contribution in [0.25, 0.3) is 11.3 Å². The molecule has 4 aromatic rings. The van der Waals surface area contributed by atoms with Gasteiger partial charge in [0.2, 0.25) is 0 Å². The summed E-state index contributed by atoms with van der Waals surface area (Å²) in [5, 5.41) is 3.20. The van der Waals surface area contributed by atoms with Gasteiger partial charge in [0.15, 0.2) is 0 Å². The number of nitrogens with one attached hydrogen (secondary N) is 1. The van der Waals surface area contributed by atoms with Gasteiger partial charge in [-0.05, 0) is 48.0 Å². The summed E-state index contributed by atoms with van der Waals surface area (Å²) in [6.45, 7) is 0.690. The van der Waals surface area contributed by atoms with Crippen molar-refractivity contribution in [3.05, 3.63) is 90.4 Å². The van der Waals surface area contributed by atoms with Crippen molar-refractivity contribution in [1.29, 1.82) is 0 Å². The van der Waals surface area contributed by atoms with Gasteiger partial charge >= 0.3 is 5.97 Å². The number of carbonyl (C=O) groups excluding carboxylic acids is 1. The molecule has 0 aliphatic carbocycles. The third kappa shape index (κ3) is 4.90. The topological polar surface area (TPSA) is 80.5 Å². The van der Waals surface area contributed by atoms with Crippen LogP contribution in [0.5, 0.6) is 0 Å². The summed E-state index contributed by atoms with van der Waals surface area (Å²) in [5.41, 5.74) is 5.13. The van der Waals surface area contributed by atoms with Crippen LogP contribution < -0.4 is 10.2 Å². The molecule has 0 saturated carbocycles. The number of esters is 1. The summed E-state index contributed by atoms with van der Waals surface area (Å²) >= 11 is 0. The molecule has 0 aliphatic rings. The number of carbonyl (C=O) groups is 1. The lowest BCUT2D eigenvalue weighted by Gasteiger charge is -2.20. The van der Waals surface area contributed by atoms with Gasteiger partial charge in [-0.15, -0.1) is 0 Å². The molecule has 0 spiro atoms. The second-order valence-electron chi connectivity index (χ2n) is 7.00. The molecule has 2 heterocycles. The summed E-state index contributed by atoms with van der Waals surface area (Å²) in [5.74, 6) is -0.336. The molecule has 1 N–H and O–H groups in total. The molecule has 0 aliphatic heterocycles. The molecule has 0 amide bonds. The van der Waals surface area contributed by atoms with Crippen molar-refractivity contribution in [2.75, 3.05) is 24.4 Å². The summed E-state index contributed by atoms with van der Waals surface area (Å²) in [4.78, 5) is 22.3. The van der Waals surface area contributed by atoms with Crippen LogP contribution in [0.1, 0.15) is 15.9 Å². The minimum atomic E-state index is -0.336. The van der Waals surface area contributed by atoms with Gasteiger partial charge in [-0.3, -0.25) is 4.98 Å². The molecular formula is C24H22N4O3. The van der Waals surface area contributed by atoms with Crippen molar-refractivity contribution in [3.63, 3.8) is 0 Å². The fourth-order valence-electron chi connectivity index (χ4n) is 3.15. The van der Waals surface area contributed by atoms with Crippen molar-refractivity contribution in [2.24, 2.45) is 0 Å². The normalized spacial score (nSPS) is 10.5. The molecule has 7 nitrogen and oxygen atoms in total. The highest BCUT2D eigenvalue weighted by Gasteiger charge is 2.09. The van der Waals surface area contributed by atoms with Gasteiger partial charge < -0.3 is 19.4 Å². The quantitative estimate of drug-likeness (QED) is 0.431. The Morgan fingerprint density at radius 2 is 1.97 bits per heavy atom. The SMILES string of the molecule is COC(=O)c1ccc(CN(C)c2cccc(Nc3nc(-c4cccnc4)co3)c2)cc1. The van der Waals surface area contributed by atoms with E-state index in [1.165, 1.54) is 7.11 Å². The van der Waals surface area contributed by atoms with Crippen molar-refractivity contribution in [3.8, 4) is 11.3 Å². The summed E-state index contributed by atoms with van der Waals surface area (Å²) in [6.07, 6.45) is 5.07. The minimum absolute atomic E-state index is 0.336. The molecule has 0 bridgehead atoms. The van der Waals surface area contributed by atoms with E-state index >= 15 is 0 Å². The molecule has 7 heteroatoms. The smallest absolute Gasteiger partial charge is 0.337 e. The molecule has 2 aromatic heterocycles. The molecule has 156 valence electrons. The Morgan fingerprint density at radius 1 is 1.13 bits per heavy atom. The van der Waals surface area contributed by atoms with E-state index < -0.39 is 0 Å². The lowest BCUT2D eigenvalue weighted by molar-refractivity contribution is 0.0600. The van der Waals surface area contributed by atoms with Crippen LogP contribution in [0.15, 0.2) is 83.7 Å². The highest BCUT2D eigenvalue weighted by atomic mass is 16.5. The highest BCUT2D eigenvalue weighted by molar-refractivity contribution is 5.89. The minimum Gasteiger partial charge on any atom is -0.465 e. The fourth-order valence-corrected chi connectivity index (χ4v) is 3.15. The standard InChI is InChI=1S/C24H22N4O3/c1-28(15-17-8-10-18(11-9-17)23(29)30-2)21-7-3-6-20(13-21)26-24-27-22(16-31-24)19-5-4-12-25-14-19/h3-14,16H,15H2,1-2H3,(H,26,27). The summed E-state index contributed by atoms with van der Waals surface area (Å²) in [7, 11) is 3.39. The first-order chi connectivity index (χ1) is 15.1. The Labute approximate surface area is 180 Å². The van der Waals surface area contributed by atoms with Crippen molar-refractivity contribution in [2.45, 2.75) is 6.54 Å². The Balaban J connectivity index is 1.43. The number of ether oxygens (including phenoxy) is 1. The second-order valence-corrected chi connectivity index (χ2v) is 7.00. The van der Waals surface area contributed by atoms with Crippen LogP contribution in [0, 0.1) is 0 Å². The monoisotopic (exact) mass is 414 g/mol. The maximum absolute atomic E-state index is 11.6. The molecule has 0 fully saturated rings. The van der Waals surface area contributed by atoms with E-state index in [0.29, 0.717) is 18.1 Å². The van der Waals surface area contributed by atoms with Gasteiger partial charge in [0.05, 0.1) is 12.7 Å². The van der Waals surface area contributed by atoms with Crippen LogP contribution in [0.4, 0.5) is 17.4 Å². The predicted octanol–water partition coefficient (Wildman–Crippen LogP) is 4.90. The number of aromatic nitrogens is 2. The zero-order valence-corrected chi connectivity index (χ0v) is 17.3. The van der Waals surface area contributed by atoms with E-state index in [1.54, 1.807) is 30.8 Å². The van der Waals surface area contributed by atoms with E-state index in [-0.39, 0.29) is 5.97 Å². The van der Waals surface area contributed by atoms with Crippen LogP contribution in [0.3, 0.4) is 0 Å². The van der Waals surface area contributed by atoms with Crippen LogP contribution in [-0.2, 0) is 11.3 Å². The number of anilines is 3. The zero-order valence-electron chi connectivity index (χ0n) is 17.3. The number of benzene rings is 2. The molecule has 0 saturated heterocycles. The first kappa shape index (κ1) is 20.2. The largest absolute Gasteiger partial charge is 0.465 e. The first-order valence-corrected chi connectivity index (χ1v) is 9.74. The van der Waals surface area contributed by atoms with E-state index in [2.05, 4.69) is 20.2 Å². The van der Waals surface area contributed by atoms with Crippen LogP contribution in [0.2, 0.25) is 0 Å². The Kier molecular flexibility index (Phi) is 5.93. The predicted molar refractivity (Wildman–Crippen MR) is 119 cm³/mol. The van der Waals surface area contributed by atoms with E-state index in [9.17, 15) is 4.79 Å². The molecule has 31 heavy (non-hydrogen) atoms. The third-order valence-electron chi connectivity index (χ3n) is 4.79. The molecule has 0 atom stereocenters. The average Bonchev–Trinajstić information content (AvgIpc) is 3.28. The molecule has 0 radical (unpaired) electrons. The number of rotatable bonds is 7. The number of methoxy groups -OCH3 is 1. The number of hydrogen-bond donors (Lipinski definition) is 1. The lowest BCUT2D eigenvalue weighted by Crippen LogP contribution is -2.16. The van der Waals surface area contributed by atoms with Gasteiger partial charge in [-0.2, -0.15) is 4.98 Å². The number of oxazole rings is 1. The number of hydrogen-bond acceptors (Lipinski definition) is 7. The van der Waals surface area contributed by atoms with Crippen molar-refractivity contribution < 1.29 is 13.9 Å². The third-order valence-corrected chi connectivity index (χ3v) is 4.79. The van der Waals surface area contributed by atoms with Crippen molar-refractivity contribution >= 4 is 23.4 Å². The molecule has 4 rings (SSSR count). The second kappa shape index (κ2) is 9.13. The maximum atomic E-state index is 11.6. The van der Waals surface area contributed by atoms with Gasteiger partial charge in [0.25, 0.3) is 6.01 Å². The molecular weight excluding hydrogens is 392 g/mol. The average molecular weight is 414 g/mol. The zero-order chi connectivity index (χ0) is 21.6. The highest BCUT2D eigenvalue weighted by Crippen LogP contribution is 2.25. The Bertz CT molecular complexity index is 1160.